The zero-order valence-electron chi connectivity index (χ0n) is 19.9. The molecule has 2 aromatic carbocycles. The van der Waals surface area contributed by atoms with Crippen LogP contribution >= 0.6 is 11.6 Å². The van der Waals surface area contributed by atoms with Crippen molar-refractivity contribution < 1.29 is 19.0 Å². The number of carbonyl (C=O) groups excluding carboxylic acids is 1. The maximum atomic E-state index is 13.1. The van der Waals surface area contributed by atoms with Crippen LogP contribution < -0.4 is 19.5 Å². The fraction of sp³-hybridized carbons (Fsp3) is 0.536. The molecule has 0 bridgehead atoms. The predicted molar refractivity (Wildman–Crippen MR) is 133 cm³/mol. The molecule has 1 N–H and O–H groups in total. The Morgan fingerprint density at radius 3 is 2.71 bits per heavy atom. The molecule has 2 fully saturated rings. The molecule has 1 amide bonds. The summed E-state index contributed by atoms with van der Waals surface area (Å²) in [5.41, 5.74) is 1.82. The number of methoxy groups -OCH3 is 1. The van der Waals surface area contributed by atoms with Crippen molar-refractivity contribution in [1.82, 2.24) is 5.32 Å². The minimum Gasteiger partial charge on any atom is -0.493 e. The van der Waals surface area contributed by atoms with E-state index in [4.69, 9.17) is 25.8 Å². The largest absolute Gasteiger partial charge is 0.493 e. The molecule has 2 aromatic rings. The highest BCUT2D eigenvalue weighted by atomic mass is 35.5. The number of halogens is 1. The van der Waals surface area contributed by atoms with Crippen molar-refractivity contribution in [2.24, 2.45) is 0 Å². The highest BCUT2D eigenvalue weighted by Gasteiger charge is 2.43. The Kier molecular flexibility index (Phi) is 6.91. The van der Waals surface area contributed by atoms with Gasteiger partial charge in [0.25, 0.3) is 0 Å². The van der Waals surface area contributed by atoms with Crippen LogP contribution in [-0.2, 0) is 11.2 Å². The summed E-state index contributed by atoms with van der Waals surface area (Å²) in [6.45, 7) is 0. The van der Waals surface area contributed by atoms with Gasteiger partial charge in [0.2, 0.25) is 5.91 Å². The van der Waals surface area contributed by atoms with E-state index in [0.717, 1.165) is 60.5 Å². The van der Waals surface area contributed by atoms with Crippen molar-refractivity contribution in [3.05, 3.63) is 52.5 Å². The maximum Gasteiger partial charge on any atom is 0.220 e. The lowest BCUT2D eigenvalue weighted by atomic mass is 9.86. The standard InChI is InChI=1S/C28H34ClNO4/c1-32-25-10-6-7-19(27(25)33-21-8-2-3-9-21)11-14-26(31)30-23-18-28(15-4-5-16-28)34-24-13-12-20(29)17-22(23)24/h6-7,10,12-13,17,21,23H,2-5,8-9,11,14-16,18H2,1H3,(H,30,31). The van der Waals surface area contributed by atoms with Crippen molar-refractivity contribution in [3.8, 4) is 17.2 Å². The third-order valence-electron chi connectivity index (χ3n) is 7.59. The first-order chi connectivity index (χ1) is 16.5. The Balaban J connectivity index is 1.29. The van der Waals surface area contributed by atoms with E-state index < -0.39 is 0 Å². The Bertz CT molecular complexity index is 1030. The van der Waals surface area contributed by atoms with Crippen LogP contribution in [-0.4, -0.2) is 24.7 Å². The van der Waals surface area contributed by atoms with Crippen molar-refractivity contribution in [2.45, 2.75) is 88.4 Å². The lowest BCUT2D eigenvalue weighted by molar-refractivity contribution is -0.122. The summed E-state index contributed by atoms with van der Waals surface area (Å²) < 4.78 is 18.4. The molecular formula is C28H34ClNO4. The van der Waals surface area contributed by atoms with Crippen molar-refractivity contribution in [1.29, 1.82) is 0 Å². The van der Waals surface area contributed by atoms with Gasteiger partial charge in [0, 0.05) is 23.4 Å². The number of ether oxygens (including phenoxy) is 3. The smallest absolute Gasteiger partial charge is 0.220 e. The number of hydrogen-bond donors (Lipinski definition) is 1. The zero-order chi connectivity index (χ0) is 23.5. The van der Waals surface area contributed by atoms with Gasteiger partial charge in [0.1, 0.15) is 11.4 Å². The van der Waals surface area contributed by atoms with Gasteiger partial charge >= 0.3 is 0 Å². The van der Waals surface area contributed by atoms with Crippen molar-refractivity contribution in [3.63, 3.8) is 0 Å². The first kappa shape index (κ1) is 23.3. The Hall–Kier alpha value is -2.40. The fourth-order valence-electron chi connectivity index (χ4n) is 5.84. The number of aryl methyl sites for hydroxylation is 1. The summed E-state index contributed by atoms with van der Waals surface area (Å²) in [6.07, 6.45) is 11.0. The molecule has 3 aliphatic rings. The second-order valence-electron chi connectivity index (χ2n) is 9.97. The van der Waals surface area contributed by atoms with Crippen LogP contribution in [0.4, 0.5) is 0 Å². The Labute approximate surface area is 207 Å². The Morgan fingerprint density at radius 1 is 1.15 bits per heavy atom. The highest BCUT2D eigenvalue weighted by molar-refractivity contribution is 6.30. The summed E-state index contributed by atoms with van der Waals surface area (Å²) >= 11 is 6.29. The molecule has 34 heavy (non-hydrogen) atoms. The van der Waals surface area contributed by atoms with Crippen LogP contribution in [0.15, 0.2) is 36.4 Å². The minimum absolute atomic E-state index is 0.0283. The number of carbonyl (C=O) groups is 1. The lowest BCUT2D eigenvalue weighted by Crippen LogP contribution is -2.43. The number of benzene rings is 2. The molecule has 182 valence electrons. The zero-order valence-corrected chi connectivity index (χ0v) is 20.7. The monoisotopic (exact) mass is 483 g/mol. The highest BCUT2D eigenvalue weighted by Crippen LogP contribution is 2.47. The molecule has 1 heterocycles. The van der Waals surface area contributed by atoms with E-state index in [1.807, 2.05) is 36.4 Å². The molecule has 1 aliphatic heterocycles. The van der Waals surface area contributed by atoms with Crippen LogP contribution in [0, 0.1) is 0 Å². The number of nitrogens with one attached hydrogen (secondary N) is 1. The molecule has 6 heteroatoms. The van der Waals surface area contributed by atoms with Gasteiger partial charge in [-0.1, -0.05) is 23.7 Å². The number of fused-ring (bicyclic) bond motifs is 1. The number of para-hydroxylation sites is 1. The maximum absolute atomic E-state index is 13.1. The van der Waals surface area contributed by atoms with Gasteiger partial charge < -0.3 is 19.5 Å². The van der Waals surface area contributed by atoms with E-state index in [1.54, 1.807) is 7.11 Å². The Morgan fingerprint density at radius 2 is 1.94 bits per heavy atom. The topological polar surface area (TPSA) is 56.8 Å². The fourth-order valence-corrected chi connectivity index (χ4v) is 6.02. The van der Waals surface area contributed by atoms with Gasteiger partial charge in [0.15, 0.2) is 11.5 Å². The molecule has 0 aromatic heterocycles. The van der Waals surface area contributed by atoms with Gasteiger partial charge in [-0.05, 0) is 87.6 Å². The van der Waals surface area contributed by atoms with Gasteiger partial charge in [-0.15, -0.1) is 0 Å². The average Bonchev–Trinajstić information content (AvgIpc) is 3.51. The molecule has 1 atom stereocenters. The second kappa shape index (κ2) is 10.1. The predicted octanol–water partition coefficient (Wildman–Crippen LogP) is 6.56. The first-order valence-corrected chi connectivity index (χ1v) is 13.0. The summed E-state index contributed by atoms with van der Waals surface area (Å²) in [5.74, 6) is 2.40. The molecule has 0 saturated heterocycles. The van der Waals surface area contributed by atoms with Crippen molar-refractivity contribution in [2.75, 3.05) is 7.11 Å². The summed E-state index contributed by atoms with van der Waals surface area (Å²) in [6, 6.07) is 11.6. The van der Waals surface area contributed by atoms with E-state index in [9.17, 15) is 4.79 Å². The van der Waals surface area contributed by atoms with E-state index in [-0.39, 0.29) is 23.7 Å². The second-order valence-corrected chi connectivity index (χ2v) is 10.4. The average molecular weight is 484 g/mol. The SMILES string of the molecule is COc1cccc(CCC(=O)NC2CC3(CCCC3)Oc3ccc(Cl)cc32)c1OC1CCCC1. The van der Waals surface area contributed by atoms with Crippen LogP contribution in [0.5, 0.6) is 17.2 Å². The third-order valence-corrected chi connectivity index (χ3v) is 7.82. The van der Waals surface area contributed by atoms with Gasteiger partial charge in [-0.2, -0.15) is 0 Å². The number of rotatable bonds is 7. The molecule has 1 spiro atoms. The quantitative estimate of drug-likeness (QED) is 0.484. The van der Waals surface area contributed by atoms with Crippen molar-refractivity contribution >= 4 is 17.5 Å². The van der Waals surface area contributed by atoms with Crippen LogP contribution in [0.25, 0.3) is 0 Å². The van der Waals surface area contributed by atoms with E-state index >= 15 is 0 Å². The van der Waals surface area contributed by atoms with E-state index in [1.165, 1.54) is 25.7 Å². The molecule has 5 nitrogen and oxygen atoms in total. The molecule has 2 aliphatic carbocycles. The molecule has 5 rings (SSSR count). The van der Waals surface area contributed by atoms with Gasteiger partial charge in [0.05, 0.1) is 19.3 Å². The van der Waals surface area contributed by atoms with Crippen LogP contribution in [0.3, 0.4) is 0 Å². The molecular weight excluding hydrogens is 450 g/mol. The molecule has 2 saturated carbocycles. The van der Waals surface area contributed by atoms with Gasteiger partial charge in [-0.3, -0.25) is 4.79 Å². The third kappa shape index (κ3) is 5.00. The summed E-state index contributed by atoms with van der Waals surface area (Å²) in [4.78, 5) is 13.1. The van der Waals surface area contributed by atoms with E-state index in [0.29, 0.717) is 17.9 Å². The molecule has 1 unspecified atom stereocenters. The molecule has 0 radical (unpaired) electrons. The number of hydrogen-bond acceptors (Lipinski definition) is 4. The normalized spacial score (nSPS) is 21.2. The van der Waals surface area contributed by atoms with E-state index in [2.05, 4.69) is 5.32 Å². The summed E-state index contributed by atoms with van der Waals surface area (Å²) in [7, 11) is 1.67. The number of amides is 1. The van der Waals surface area contributed by atoms with Crippen LogP contribution in [0.2, 0.25) is 5.02 Å². The van der Waals surface area contributed by atoms with Gasteiger partial charge in [-0.25, -0.2) is 0 Å². The summed E-state index contributed by atoms with van der Waals surface area (Å²) in [5, 5.41) is 3.96. The lowest BCUT2D eigenvalue weighted by Gasteiger charge is -2.40. The first-order valence-electron chi connectivity index (χ1n) is 12.7. The minimum atomic E-state index is -0.173. The van der Waals surface area contributed by atoms with Crippen LogP contribution in [0.1, 0.15) is 81.4 Å².